The van der Waals surface area contributed by atoms with E-state index in [4.69, 9.17) is 0 Å². The van der Waals surface area contributed by atoms with Crippen LogP contribution in [0.5, 0.6) is 0 Å². The maximum absolute atomic E-state index is 12.0. The summed E-state index contributed by atoms with van der Waals surface area (Å²) in [5, 5.41) is 10.9. The van der Waals surface area contributed by atoms with Gasteiger partial charge >= 0.3 is 0 Å². The van der Waals surface area contributed by atoms with Crippen molar-refractivity contribution < 1.29 is 4.79 Å². The normalized spacial score (nSPS) is 10.4. The Kier molecular flexibility index (Phi) is 4.28. The molecule has 0 saturated heterocycles. The third kappa shape index (κ3) is 2.99. The molecule has 1 aromatic heterocycles. The molecule has 0 fully saturated rings. The van der Waals surface area contributed by atoms with Crippen LogP contribution in [0, 0.1) is 6.92 Å². The van der Waals surface area contributed by atoms with Crippen LogP contribution in [0.25, 0.3) is 5.69 Å². The summed E-state index contributed by atoms with van der Waals surface area (Å²) in [5.74, 6) is -0.159. The third-order valence-corrected chi connectivity index (χ3v) is 2.93. The van der Waals surface area contributed by atoms with E-state index < -0.39 is 0 Å². The van der Waals surface area contributed by atoms with Crippen molar-refractivity contribution in [2.45, 2.75) is 26.7 Å². The average Bonchev–Trinajstić information content (AvgIpc) is 2.82. The minimum absolute atomic E-state index is 0.159. The molecule has 19 heavy (non-hydrogen) atoms. The van der Waals surface area contributed by atoms with Crippen molar-refractivity contribution in [3.8, 4) is 5.69 Å². The van der Waals surface area contributed by atoms with Crippen molar-refractivity contribution in [1.82, 2.24) is 20.3 Å². The molecule has 5 nitrogen and oxygen atoms in total. The number of nitrogens with zero attached hydrogens (tertiary/aromatic N) is 3. The molecular formula is C14H18N4O. The van der Waals surface area contributed by atoms with Crippen LogP contribution in [0.2, 0.25) is 0 Å². The lowest BCUT2D eigenvalue weighted by molar-refractivity contribution is 0.0947. The zero-order valence-electron chi connectivity index (χ0n) is 11.3. The monoisotopic (exact) mass is 258 g/mol. The Morgan fingerprint density at radius 1 is 1.32 bits per heavy atom. The lowest BCUT2D eigenvalue weighted by Crippen LogP contribution is -2.25. The first-order chi connectivity index (χ1) is 9.24. The van der Waals surface area contributed by atoms with Gasteiger partial charge in [-0.3, -0.25) is 4.79 Å². The van der Waals surface area contributed by atoms with Gasteiger partial charge in [-0.05, 0) is 25.5 Å². The minimum Gasteiger partial charge on any atom is -0.351 e. The highest BCUT2D eigenvalue weighted by Gasteiger charge is 2.16. The molecule has 0 unspecified atom stereocenters. The number of nitrogens with one attached hydrogen (secondary N) is 1. The summed E-state index contributed by atoms with van der Waals surface area (Å²) in [6.07, 6.45) is 2.02. The summed E-state index contributed by atoms with van der Waals surface area (Å²) in [6.45, 7) is 4.61. The van der Waals surface area contributed by atoms with Crippen LogP contribution in [-0.2, 0) is 0 Å². The number of benzene rings is 1. The molecule has 1 amide bonds. The Bertz CT molecular complexity index is 548. The summed E-state index contributed by atoms with van der Waals surface area (Å²) in [7, 11) is 0. The van der Waals surface area contributed by atoms with Crippen molar-refractivity contribution in [1.29, 1.82) is 0 Å². The van der Waals surface area contributed by atoms with Gasteiger partial charge in [0, 0.05) is 6.54 Å². The highest BCUT2D eigenvalue weighted by atomic mass is 16.2. The molecule has 2 rings (SSSR count). The van der Waals surface area contributed by atoms with E-state index in [0.717, 1.165) is 24.2 Å². The van der Waals surface area contributed by atoms with Crippen LogP contribution < -0.4 is 5.32 Å². The van der Waals surface area contributed by atoms with E-state index in [0.29, 0.717) is 12.2 Å². The van der Waals surface area contributed by atoms with Crippen LogP contribution in [0.15, 0.2) is 30.3 Å². The molecule has 2 aromatic rings. The Balaban J connectivity index is 2.17. The summed E-state index contributed by atoms with van der Waals surface area (Å²) in [6, 6.07) is 9.66. The van der Waals surface area contributed by atoms with E-state index in [2.05, 4.69) is 22.6 Å². The number of unbranched alkanes of at least 4 members (excludes halogenated alkanes) is 1. The summed E-state index contributed by atoms with van der Waals surface area (Å²) in [4.78, 5) is 12.0. The number of carbonyl (C=O) groups is 1. The number of hydrogen-bond acceptors (Lipinski definition) is 3. The van der Waals surface area contributed by atoms with E-state index >= 15 is 0 Å². The Morgan fingerprint density at radius 2 is 2.05 bits per heavy atom. The topological polar surface area (TPSA) is 59.8 Å². The Morgan fingerprint density at radius 3 is 2.74 bits per heavy atom. The molecule has 0 aliphatic rings. The molecule has 0 bridgehead atoms. The number of rotatable bonds is 5. The molecule has 0 radical (unpaired) electrons. The van der Waals surface area contributed by atoms with Gasteiger partial charge in [0.1, 0.15) is 0 Å². The van der Waals surface area contributed by atoms with Gasteiger partial charge in [0.05, 0.1) is 11.4 Å². The fourth-order valence-corrected chi connectivity index (χ4v) is 1.82. The van der Waals surface area contributed by atoms with Gasteiger partial charge < -0.3 is 5.32 Å². The first-order valence-electron chi connectivity index (χ1n) is 6.50. The molecule has 1 heterocycles. The maximum atomic E-state index is 12.0. The van der Waals surface area contributed by atoms with Crippen molar-refractivity contribution in [2.75, 3.05) is 6.54 Å². The standard InChI is InChI=1S/C14H18N4O/c1-3-4-10-15-14(19)13-11(2)18(17-16-13)12-8-6-5-7-9-12/h5-9H,3-4,10H2,1-2H3,(H,15,19). The van der Waals surface area contributed by atoms with E-state index in [1.165, 1.54) is 0 Å². The zero-order chi connectivity index (χ0) is 13.7. The van der Waals surface area contributed by atoms with Gasteiger partial charge in [-0.2, -0.15) is 0 Å². The molecule has 0 spiro atoms. The summed E-state index contributed by atoms with van der Waals surface area (Å²) < 4.78 is 1.68. The minimum atomic E-state index is -0.159. The van der Waals surface area contributed by atoms with Gasteiger partial charge in [0.15, 0.2) is 5.69 Å². The number of carbonyl (C=O) groups excluding carboxylic acids is 1. The molecule has 1 aromatic carbocycles. The van der Waals surface area contributed by atoms with E-state index in [1.54, 1.807) is 4.68 Å². The van der Waals surface area contributed by atoms with Gasteiger partial charge in [0.2, 0.25) is 0 Å². The van der Waals surface area contributed by atoms with E-state index in [9.17, 15) is 4.79 Å². The van der Waals surface area contributed by atoms with Crippen molar-refractivity contribution >= 4 is 5.91 Å². The van der Waals surface area contributed by atoms with Crippen molar-refractivity contribution in [3.63, 3.8) is 0 Å². The lowest BCUT2D eigenvalue weighted by atomic mass is 10.2. The Labute approximate surface area is 112 Å². The van der Waals surface area contributed by atoms with Crippen LogP contribution in [0.4, 0.5) is 0 Å². The highest BCUT2D eigenvalue weighted by Crippen LogP contribution is 2.11. The van der Waals surface area contributed by atoms with Crippen LogP contribution >= 0.6 is 0 Å². The van der Waals surface area contributed by atoms with Crippen LogP contribution in [-0.4, -0.2) is 27.4 Å². The first kappa shape index (κ1) is 13.3. The summed E-state index contributed by atoms with van der Waals surface area (Å²) >= 11 is 0. The number of amides is 1. The second kappa shape index (κ2) is 6.13. The number of aromatic nitrogens is 3. The molecular weight excluding hydrogens is 240 g/mol. The Hall–Kier alpha value is -2.17. The highest BCUT2D eigenvalue weighted by molar-refractivity contribution is 5.93. The molecule has 0 atom stereocenters. The molecule has 100 valence electrons. The maximum Gasteiger partial charge on any atom is 0.273 e. The second-order valence-corrected chi connectivity index (χ2v) is 4.38. The molecule has 1 N–H and O–H groups in total. The lowest BCUT2D eigenvalue weighted by Gasteiger charge is -2.04. The fourth-order valence-electron chi connectivity index (χ4n) is 1.82. The quantitative estimate of drug-likeness (QED) is 0.835. The van der Waals surface area contributed by atoms with E-state index in [-0.39, 0.29) is 5.91 Å². The smallest absolute Gasteiger partial charge is 0.273 e. The fraction of sp³-hybridized carbons (Fsp3) is 0.357. The summed E-state index contributed by atoms with van der Waals surface area (Å²) in [5.41, 5.74) is 2.04. The van der Waals surface area contributed by atoms with E-state index in [1.807, 2.05) is 37.3 Å². The average molecular weight is 258 g/mol. The van der Waals surface area contributed by atoms with Gasteiger partial charge in [-0.15, -0.1) is 5.10 Å². The van der Waals surface area contributed by atoms with Crippen LogP contribution in [0.1, 0.15) is 35.9 Å². The van der Waals surface area contributed by atoms with Gasteiger partial charge in [-0.25, -0.2) is 4.68 Å². The van der Waals surface area contributed by atoms with Gasteiger partial charge in [-0.1, -0.05) is 36.8 Å². The van der Waals surface area contributed by atoms with Crippen molar-refractivity contribution in [3.05, 3.63) is 41.7 Å². The third-order valence-electron chi connectivity index (χ3n) is 2.93. The predicted molar refractivity (Wildman–Crippen MR) is 73.3 cm³/mol. The number of hydrogen-bond donors (Lipinski definition) is 1. The molecule has 0 aliphatic heterocycles. The van der Waals surface area contributed by atoms with Crippen LogP contribution in [0.3, 0.4) is 0 Å². The van der Waals surface area contributed by atoms with Gasteiger partial charge in [0.25, 0.3) is 5.91 Å². The predicted octanol–water partition coefficient (Wildman–Crippen LogP) is 2.11. The number of para-hydroxylation sites is 1. The van der Waals surface area contributed by atoms with Crippen molar-refractivity contribution in [2.24, 2.45) is 0 Å². The molecule has 0 saturated carbocycles. The second-order valence-electron chi connectivity index (χ2n) is 4.38. The molecule has 5 heteroatoms. The zero-order valence-corrected chi connectivity index (χ0v) is 11.3. The largest absolute Gasteiger partial charge is 0.351 e. The SMILES string of the molecule is CCCCNC(=O)c1nnn(-c2ccccc2)c1C. The molecule has 0 aliphatic carbocycles. The first-order valence-corrected chi connectivity index (χ1v) is 6.50.